The van der Waals surface area contributed by atoms with Gasteiger partial charge in [-0.15, -0.1) is 0 Å². The minimum Gasteiger partial charge on any atom is -0.493 e. The fourth-order valence-corrected chi connectivity index (χ4v) is 4.71. The van der Waals surface area contributed by atoms with E-state index in [0.29, 0.717) is 13.0 Å². The lowest BCUT2D eigenvalue weighted by Crippen LogP contribution is -2.26. The van der Waals surface area contributed by atoms with Gasteiger partial charge in [-0.1, -0.05) is 55.0 Å². The van der Waals surface area contributed by atoms with Gasteiger partial charge in [-0.05, 0) is 80.5 Å². The van der Waals surface area contributed by atoms with Crippen molar-refractivity contribution in [2.75, 3.05) is 13.2 Å². The average molecular weight is 498 g/mol. The van der Waals surface area contributed by atoms with Gasteiger partial charge in [-0.2, -0.15) is 0 Å². The van der Waals surface area contributed by atoms with Gasteiger partial charge in [0.05, 0.1) is 24.1 Å². The summed E-state index contributed by atoms with van der Waals surface area (Å²) in [4.78, 5) is 17.2. The number of hydrogen-bond donors (Lipinski definition) is 1. The third kappa shape index (κ3) is 7.22. The number of amides is 1. The number of nitrogens with zero attached hydrogens (tertiary/aromatic N) is 2. The molecular formula is C32H39N3O2. The molecule has 0 unspecified atom stereocenters. The molecule has 1 amide bonds. The molecule has 0 spiro atoms. The van der Waals surface area contributed by atoms with Crippen molar-refractivity contribution in [2.24, 2.45) is 0 Å². The molecule has 0 aliphatic rings. The maximum atomic E-state index is 12.3. The number of carbonyl (C=O) groups is 1. The van der Waals surface area contributed by atoms with Gasteiger partial charge in [0.1, 0.15) is 11.6 Å². The van der Waals surface area contributed by atoms with E-state index in [0.717, 1.165) is 73.4 Å². The lowest BCUT2D eigenvalue weighted by Gasteiger charge is -2.13. The molecular weight excluding hydrogens is 458 g/mol. The van der Waals surface area contributed by atoms with Crippen LogP contribution in [0.3, 0.4) is 0 Å². The van der Waals surface area contributed by atoms with Crippen molar-refractivity contribution >= 4 is 16.9 Å². The maximum Gasteiger partial charge on any atom is 0.224 e. The Kier molecular flexibility index (Phi) is 9.36. The first-order valence-electron chi connectivity index (χ1n) is 13.5. The van der Waals surface area contributed by atoms with E-state index in [4.69, 9.17) is 9.72 Å². The first-order chi connectivity index (χ1) is 18.0. The zero-order chi connectivity index (χ0) is 26.0. The Bertz CT molecular complexity index is 1320. The Morgan fingerprint density at radius 2 is 1.65 bits per heavy atom. The lowest BCUT2D eigenvalue weighted by molar-refractivity contribution is -0.120. The zero-order valence-corrected chi connectivity index (χ0v) is 22.4. The van der Waals surface area contributed by atoms with E-state index in [1.54, 1.807) is 0 Å². The average Bonchev–Trinajstić information content (AvgIpc) is 3.25. The number of rotatable bonds is 13. The number of ether oxygens (including phenoxy) is 1. The molecule has 0 fully saturated rings. The fourth-order valence-electron chi connectivity index (χ4n) is 4.71. The van der Waals surface area contributed by atoms with Crippen molar-refractivity contribution in [1.29, 1.82) is 0 Å². The SMILES string of the molecule is Cc1ccccc1CC(=O)NCCCCCc1nc2ccccc2n1CCCOc1cccc(C)c1C. The molecule has 194 valence electrons. The van der Waals surface area contributed by atoms with Gasteiger partial charge in [0.25, 0.3) is 0 Å². The minimum absolute atomic E-state index is 0.0965. The number of para-hydroxylation sites is 2. The number of unbranched alkanes of at least 4 members (excludes halogenated alkanes) is 2. The van der Waals surface area contributed by atoms with Crippen LogP contribution < -0.4 is 10.1 Å². The van der Waals surface area contributed by atoms with E-state index in [1.807, 2.05) is 43.3 Å². The molecule has 0 saturated heterocycles. The molecule has 5 heteroatoms. The summed E-state index contributed by atoms with van der Waals surface area (Å²) in [5.41, 5.74) is 6.97. The van der Waals surface area contributed by atoms with Gasteiger partial charge in [-0.3, -0.25) is 4.79 Å². The zero-order valence-electron chi connectivity index (χ0n) is 22.4. The Morgan fingerprint density at radius 1 is 0.865 bits per heavy atom. The van der Waals surface area contributed by atoms with Crippen LogP contribution in [-0.4, -0.2) is 28.6 Å². The van der Waals surface area contributed by atoms with Crippen molar-refractivity contribution in [2.45, 2.75) is 65.8 Å². The predicted octanol–water partition coefficient (Wildman–Crippen LogP) is 6.50. The Labute approximate surface area is 220 Å². The van der Waals surface area contributed by atoms with Crippen molar-refractivity contribution in [3.63, 3.8) is 0 Å². The number of benzene rings is 3. The molecule has 37 heavy (non-hydrogen) atoms. The van der Waals surface area contributed by atoms with Crippen LogP contribution in [0.5, 0.6) is 5.75 Å². The molecule has 1 heterocycles. The van der Waals surface area contributed by atoms with Crippen molar-refractivity contribution in [3.05, 3.63) is 94.8 Å². The molecule has 0 aliphatic carbocycles. The summed E-state index contributed by atoms with van der Waals surface area (Å²) < 4.78 is 8.44. The molecule has 4 rings (SSSR count). The third-order valence-corrected chi connectivity index (χ3v) is 7.08. The second-order valence-corrected chi connectivity index (χ2v) is 9.83. The van der Waals surface area contributed by atoms with Crippen LogP contribution >= 0.6 is 0 Å². The van der Waals surface area contributed by atoms with Crippen molar-refractivity contribution < 1.29 is 9.53 Å². The molecule has 5 nitrogen and oxygen atoms in total. The quantitative estimate of drug-likeness (QED) is 0.214. The van der Waals surface area contributed by atoms with Crippen LogP contribution in [0.4, 0.5) is 0 Å². The normalized spacial score (nSPS) is 11.1. The summed E-state index contributed by atoms with van der Waals surface area (Å²) in [5.74, 6) is 2.21. The van der Waals surface area contributed by atoms with Gasteiger partial charge < -0.3 is 14.6 Å². The molecule has 1 N–H and O–H groups in total. The second kappa shape index (κ2) is 13.1. The third-order valence-electron chi connectivity index (χ3n) is 7.08. The van der Waals surface area contributed by atoms with Crippen molar-refractivity contribution in [1.82, 2.24) is 14.9 Å². The molecule has 0 aliphatic heterocycles. The molecule has 0 bridgehead atoms. The number of nitrogens with one attached hydrogen (secondary N) is 1. The van der Waals surface area contributed by atoms with Gasteiger partial charge in [0, 0.05) is 19.5 Å². The van der Waals surface area contributed by atoms with E-state index >= 15 is 0 Å². The highest BCUT2D eigenvalue weighted by Crippen LogP contribution is 2.22. The summed E-state index contributed by atoms with van der Waals surface area (Å²) in [6.45, 7) is 8.56. The highest BCUT2D eigenvalue weighted by atomic mass is 16.5. The number of fused-ring (bicyclic) bond motifs is 1. The van der Waals surface area contributed by atoms with Crippen molar-refractivity contribution in [3.8, 4) is 5.75 Å². The van der Waals surface area contributed by atoms with E-state index in [9.17, 15) is 4.79 Å². The summed E-state index contributed by atoms with van der Waals surface area (Å²) >= 11 is 0. The summed E-state index contributed by atoms with van der Waals surface area (Å²) in [6.07, 6.45) is 5.39. The Balaban J connectivity index is 1.23. The highest BCUT2D eigenvalue weighted by Gasteiger charge is 2.11. The van der Waals surface area contributed by atoms with Crippen LogP contribution in [0.2, 0.25) is 0 Å². The van der Waals surface area contributed by atoms with Crippen LogP contribution in [0.25, 0.3) is 11.0 Å². The molecule has 0 saturated carbocycles. The molecule has 0 radical (unpaired) electrons. The number of aromatic nitrogens is 2. The van der Waals surface area contributed by atoms with Gasteiger partial charge >= 0.3 is 0 Å². The Hall–Kier alpha value is -3.60. The Morgan fingerprint density at radius 3 is 2.51 bits per heavy atom. The summed E-state index contributed by atoms with van der Waals surface area (Å²) in [7, 11) is 0. The smallest absolute Gasteiger partial charge is 0.224 e. The number of carbonyl (C=O) groups excluding carboxylic acids is 1. The van der Waals surface area contributed by atoms with E-state index < -0.39 is 0 Å². The number of imidazole rings is 1. The lowest BCUT2D eigenvalue weighted by atomic mass is 10.1. The minimum atomic E-state index is 0.0965. The maximum absolute atomic E-state index is 12.3. The number of aryl methyl sites for hydroxylation is 4. The molecule has 1 aromatic heterocycles. The first kappa shape index (κ1) is 26.5. The van der Waals surface area contributed by atoms with Crippen LogP contribution in [0.15, 0.2) is 66.7 Å². The van der Waals surface area contributed by atoms with E-state index in [2.05, 4.69) is 54.1 Å². The van der Waals surface area contributed by atoms with Crippen LogP contribution in [0.1, 0.15) is 53.8 Å². The van der Waals surface area contributed by atoms with Crippen LogP contribution in [-0.2, 0) is 24.2 Å². The van der Waals surface area contributed by atoms with Gasteiger partial charge in [0.15, 0.2) is 0 Å². The van der Waals surface area contributed by atoms with Gasteiger partial charge in [0.2, 0.25) is 5.91 Å². The first-order valence-corrected chi connectivity index (χ1v) is 13.5. The summed E-state index contributed by atoms with van der Waals surface area (Å²) in [6, 6.07) is 22.7. The fraction of sp³-hybridized carbons (Fsp3) is 0.375. The molecule has 3 aromatic carbocycles. The molecule has 4 aromatic rings. The van der Waals surface area contributed by atoms with Crippen LogP contribution in [0, 0.1) is 20.8 Å². The van der Waals surface area contributed by atoms with E-state index in [1.165, 1.54) is 16.6 Å². The second-order valence-electron chi connectivity index (χ2n) is 9.83. The monoisotopic (exact) mass is 497 g/mol. The standard InChI is InChI=1S/C32H39N3O2/c1-24-14-11-18-30(26(24)3)37-22-12-21-35-29-17-9-8-16-28(29)34-31(35)19-5-4-10-20-33-32(36)23-27-15-7-6-13-25(27)2/h6-9,11,13-18H,4-5,10,12,19-23H2,1-3H3,(H,33,36). The molecule has 0 atom stereocenters. The van der Waals surface area contributed by atoms with E-state index in [-0.39, 0.29) is 5.91 Å². The number of hydrogen-bond acceptors (Lipinski definition) is 3. The highest BCUT2D eigenvalue weighted by molar-refractivity contribution is 5.78. The largest absolute Gasteiger partial charge is 0.493 e. The predicted molar refractivity (Wildman–Crippen MR) is 151 cm³/mol. The van der Waals surface area contributed by atoms with Gasteiger partial charge in [-0.25, -0.2) is 4.98 Å². The summed E-state index contributed by atoms with van der Waals surface area (Å²) in [5, 5.41) is 3.07. The topological polar surface area (TPSA) is 56.2 Å².